The number of benzene rings is 3. The molecule has 7 heteroatoms. The van der Waals surface area contributed by atoms with Crippen molar-refractivity contribution in [3.05, 3.63) is 93.9 Å². The normalized spacial score (nSPS) is 11.2. The Hall–Kier alpha value is -3.22. The van der Waals surface area contributed by atoms with E-state index in [4.69, 9.17) is 16.6 Å². The van der Waals surface area contributed by atoms with E-state index in [1.807, 2.05) is 72.8 Å². The molecule has 0 amide bonds. The molecular weight excluding hydrogens is 416 g/mol. The first-order chi connectivity index (χ1) is 14.7. The van der Waals surface area contributed by atoms with Gasteiger partial charge in [0.15, 0.2) is 5.16 Å². The Morgan fingerprint density at radius 3 is 2.53 bits per heavy atom. The smallest absolute Gasteiger partial charge is 0.271 e. The third kappa shape index (κ3) is 3.67. The zero-order valence-corrected chi connectivity index (χ0v) is 17.2. The van der Waals surface area contributed by atoms with Gasteiger partial charge in [-0.25, -0.2) is 15.0 Å². The molecule has 5 rings (SSSR count). The lowest BCUT2D eigenvalue weighted by Crippen LogP contribution is -2.14. The van der Waals surface area contributed by atoms with Crippen molar-refractivity contribution in [3.63, 3.8) is 0 Å². The summed E-state index contributed by atoms with van der Waals surface area (Å²) in [4.78, 5) is 29.2. The highest BCUT2D eigenvalue weighted by molar-refractivity contribution is 7.98. The predicted molar refractivity (Wildman–Crippen MR) is 122 cm³/mol. The molecule has 146 valence electrons. The minimum atomic E-state index is -0.197. The van der Waals surface area contributed by atoms with Crippen LogP contribution in [-0.2, 0) is 5.75 Å². The number of rotatable bonds is 4. The average Bonchev–Trinajstić information content (AvgIpc) is 2.78. The first-order valence-corrected chi connectivity index (χ1v) is 10.7. The molecule has 0 saturated heterocycles. The topological polar surface area (TPSA) is 71.5 Å². The first kappa shape index (κ1) is 18.8. The number of hydrogen-bond acceptors (Lipinski definition) is 5. The van der Waals surface area contributed by atoms with Crippen LogP contribution in [0.3, 0.4) is 0 Å². The van der Waals surface area contributed by atoms with Gasteiger partial charge in [0, 0.05) is 21.7 Å². The van der Waals surface area contributed by atoms with Gasteiger partial charge in [0.05, 0.1) is 22.2 Å². The van der Waals surface area contributed by atoms with Gasteiger partial charge in [0.25, 0.3) is 5.56 Å². The van der Waals surface area contributed by atoms with Crippen molar-refractivity contribution in [1.29, 1.82) is 0 Å². The number of aromatic nitrogens is 4. The van der Waals surface area contributed by atoms with E-state index >= 15 is 0 Å². The number of hydrogen-bond donors (Lipinski definition) is 1. The van der Waals surface area contributed by atoms with Crippen LogP contribution < -0.4 is 5.56 Å². The van der Waals surface area contributed by atoms with Crippen molar-refractivity contribution in [1.82, 2.24) is 19.9 Å². The van der Waals surface area contributed by atoms with Gasteiger partial charge in [0.1, 0.15) is 5.69 Å². The van der Waals surface area contributed by atoms with Gasteiger partial charge in [-0.15, -0.1) is 0 Å². The van der Waals surface area contributed by atoms with Gasteiger partial charge < -0.3 is 4.98 Å². The van der Waals surface area contributed by atoms with Gasteiger partial charge in [-0.05, 0) is 30.3 Å². The third-order valence-corrected chi connectivity index (χ3v) is 5.79. The molecule has 5 nitrogen and oxygen atoms in total. The van der Waals surface area contributed by atoms with E-state index in [0.717, 1.165) is 33.2 Å². The zero-order chi connectivity index (χ0) is 20.5. The lowest BCUT2D eigenvalue weighted by Gasteiger charge is -2.09. The molecule has 0 bridgehead atoms. The fraction of sp³-hybridized carbons (Fsp3) is 0.0435. The predicted octanol–water partition coefficient (Wildman–Crippen LogP) is 5.48. The van der Waals surface area contributed by atoms with E-state index in [2.05, 4.69) is 15.0 Å². The monoisotopic (exact) mass is 430 g/mol. The van der Waals surface area contributed by atoms with Crippen LogP contribution in [0.5, 0.6) is 0 Å². The molecule has 0 fully saturated rings. The highest BCUT2D eigenvalue weighted by Gasteiger charge is 2.12. The molecule has 2 heterocycles. The first-order valence-electron chi connectivity index (χ1n) is 9.31. The van der Waals surface area contributed by atoms with E-state index in [9.17, 15) is 4.79 Å². The van der Waals surface area contributed by atoms with Gasteiger partial charge >= 0.3 is 0 Å². The molecule has 0 spiro atoms. The molecule has 1 N–H and O–H groups in total. The molecule has 0 saturated carbocycles. The van der Waals surface area contributed by atoms with Gasteiger partial charge in [-0.3, -0.25) is 4.79 Å². The molecule has 5 aromatic rings. The van der Waals surface area contributed by atoms with Crippen molar-refractivity contribution in [2.24, 2.45) is 0 Å². The maximum absolute atomic E-state index is 12.4. The number of nitrogens with one attached hydrogen (secondary N) is 1. The highest BCUT2D eigenvalue weighted by Crippen LogP contribution is 2.31. The van der Waals surface area contributed by atoms with Crippen LogP contribution in [0, 0.1) is 0 Å². The van der Waals surface area contributed by atoms with Crippen LogP contribution in [0.4, 0.5) is 0 Å². The summed E-state index contributed by atoms with van der Waals surface area (Å²) in [6.45, 7) is 0. The Kier molecular flexibility index (Phi) is 4.94. The number of nitrogens with zero attached hydrogens (tertiary/aromatic N) is 3. The Morgan fingerprint density at radius 1 is 0.867 bits per heavy atom. The highest BCUT2D eigenvalue weighted by atomic mass is 35.5. The summed E-state index contributed by atoms with van der Waals surface area (Å²) in [5.74, 6) is 0.369. The Bertz CT molecular complexity index is 1440. The SMILES string of the molecule is O=c1[nH]c2ccccc2nc1CSc1nc(-c2ccccc2)c2cc(Cl)ccc2n1. The molecule has 0 atom stereocenters. The molecule has 0 unspecified atom stereocenters. The number of para-hydroxylation sites is 2. The number of H-pyrrole nitrogens is 1. The maximum atomic E-state index is 12.4. The Morgan fingerprint density at radius 2 is 1.67 bits per heavy atom. The molecule has 3 aromatic carbocycles. The minimum Gasteiger partial charge on any atom is -0.319 e. The van der Waals surface area contributed by atoms with E-state index in [0.29, 0.717) is 21.6 Å². The third-order valence-electron chi connectivity index (χ3n) is 4.69. The second-order valence-corrected chi connectivity index (χ2v) is 8.08. The molecule has 2 aromatic heterocycles. The quantitative estimate of drug-likeness (QED) is 0.302. The lowest BCUT2D eigenvalue weighted by molar-refractivity contribution is 1.00. The zero-order valence-electron chi connectivity index (χ0n) is 15.7. The van der Waals surface area contributed by atoms with Crippen LogP contribution in [-0.4, -0.2) is 19.9 Å². The summed E-state index contributed by atoms with van der Waals surface area (Å²) in [6.07, 6.45) is 0. The van der Waals surface area contributed by atoms with Crippen LogP contribution >= 0.6 is 23.4 Å². The number of aromatic amines is 1. The molecule has 0 aliphatic carbocycles. The Labute approximate surface area is 181 Å². The number of thioether (sulfide) groups is 1. The van der Waals surface area contributed by atoms with Crippen molar-refractivity contribution in [2.75, 3.05) is 0 Å². The van der Waals surface area contributed by atoms with E-state index in [1.54, 1.807) is 0 Å². The fourth-order valence-corrected chi connectivity index (χ4v) is 4.21. The molecule has 0 aliphatic heterocycles. The molecular formula is C23H15ClN4OS. The van der Waals surface area contributed by atoms with Gasteiger partial charge in [0.2, 0.25) is 0 Å². The average molecular weight is 431 g/mol. The summed E-state index contributed by atoms with van der Waals surface area (Å²) in [7, 11) is 0. The van der Waals surface area contributed by atoms with Crippen molar-refractivity contribution < 1.29 is 0 Å². The van der Waals surface area contributed by atoms with Gasteiger partial charge in [-0.1, -0.05) is 65.8 Å². The molecule has 0 aliphatic rings. The van der Waals surface area contributed by atoms with E-state index in [-0.39, 0.29) is 5.56 Å². The fourth-order valence-electron chi connectivity index (χ4n) is 3.26. The Balaban J connectivity index is 1.54. The van der Waals surface area contributed by atoms with Crippen LogP contribution in [0.2, 0.25) is 5.02 Å². The summed E-state index contributed by atoms with van der Waals surface area (Å²) in [5, 5.41) is 2.10. The second-order valence-electron chi connectivity index (χ2n) is 6.70. The standard InChI is InChI=1S/C23H15ClN4OS/c24-15-10-11-17-16(12-15)21(14-6-2-1-3-7-14)28-23(27-17)30-13-20-22(29)26-19-9-5-4-8-18(19)25-20/h1-12H,13H2,(H,26,29). The van der Waals surface area contributed by atoms with Gasteiger partial charge in [-0.2, -0.15) is 0 Å². The number of halogens is 1. The largest absolute Gasteiger partial charge is 0.319 e. The minimum absolute atomic E-state index is 0.197. The van der Waals surface area contributed by atoms with Crippen LogP contribution in [0.25, 0.3) is 33.2 Å². The van der Waals surface area contributed by atoms with Crippen LogP contribution in [0.15, 0.2) is 82.7 Å². The van der Waals surface area contributed by atoms with E-state index < -0.39 is 0 Å². The van der Waals surface area contributed by atoms with Crippen molar-refractivity contribution >= 4 is 45.3 Å². The molecule has 0 radical (unpaired) electrons. The lowest BCUT2D eigenvalue weighted by atomic mass is 10.1. The van der Waals surface area contributed by atoms with E-state index in [1.165, 1.54) is 11.8 Å². The van der Waals surface area contributed by atoms with Crippen molar-refractivity contribution in [3.8, 4) is 11.3 Å². The summed E-state index contributed by atoms with van der Waals surface area (Å²) < 4.78 is 0. The summed E-state index contributed by atoms with van der Waals surface area (Å²) in [5.41, 5.74) is 4.32. The van der Waals surface area contributed by atoms with Crippen molar-refractivity contribution in [2.45, 2.75) is 10.9 Å². The van der Waals surface area contributed by atoms with Crippen LogP contribution in [0.1, 0.15) is 5.69 Å². The molecule has 30 heavy (non-hydrogen) atoms. The second kappa shape index (κ2) is 7.89. The maximum Gasteiger partial charge on any atom is 0.271 e. The number of fused-ring (bicyclic) bond motifs is 2. The summed E-state index contributed by atoms with van der Waals surface area (Å²) >= 11 is 7.60. The summed E-state index contributed by atoms with van der Waals surface area (Å²) in [6, 6.07) is 23.0.